The van der Waals surface area contributed by atoms with E-state index in [2.05, 4.69) is 87.2 Å². The molecule has 46 heavy (non-hydrogen) atoms. The highest BCUT2D eigenvalue weighted by atomic mass is 32.2. The number of carbonyl (C=O) groups is 1. The number of halogens is 2. The number of para-hydroxylation sites is 1. The van der Waals surface area contributed by atoms with Crippen LogP contribution in [0.15, 0.2) is 96.0 Å². The summed E-state index contributed by atoms with van der Waals surface area (Å²) in [5.41, 5.74) is 8.36. The van der Waals surface area contributed by atoms with E-state index < -0.39 is 11.6 Å². The van der Waals surface area contributed by atoms with Crippen LogP contribution >= 0.6 is 11.8 Å². The number of anilines is 1. The molecule has 0 saturated carbocycles. The lowest BCUT2D eigenvalue weighted by atomic mass is 9.99. The predicted octanol–water partition coefficient (Wildman–Crippen LogP) is 8.76. The Hall–Kier alpha value is -3.94. The van der Waals surface area contributed by atoms with Gasteiger partial charge in [-0.25, -0.2) is 8.78 Å². The zero-order valence-corrected chi connectivity index (χ0v) is 28.0. The number of hydrogen-bond donors (Lipinski definition) is 0. The van der Waals surface area contributed by atoms with Gasteiger partial charge in [-0.3, -0.25) is 4.79 Å². The summed E-state index contributed by atoms with van der Waals surface area (Å²) in [5, 5.41) is 0.872. The fraction of sp³-hybridized carbons (Fsp3) is 0.308. The molecule has 4 aromatic rings. The molecule has 0 unspecified atom stereocenters. The Balaban J connectivity index is 1.37. The molecule has 0 saturated heterocycles. The van der Waals surface area contributed by atoms with Crippen molar-refractivity contribution >= 4 is 23.4 Å². The van der Waals surface area contributed by atoms with Crippen molar-refractivity contribution in [2.24, 2.45) is 0 Å². The first kappa shape index (κ1) is 33.4. The summed E-state index contributed by atoms with van der Waals surface area (Å²) in [4.78, 5) is 20.5. The molecule has 0 spiro atoms. The molecule has 0 aromatic heterocycles. The molecule has 4 aromatic carbocycles. The maximum absolute atomic E-state index is 14.5. The number of rotatable bonds is 13. The normalized spacial score (nSPS) is 12.7. The van der Waals surface area contributed by atoms with Crippen LogP contribution in [0, 0.1) is 25.5 Å². The van der Waals surface area contributed by atoms with Crippen LogP contribution in [-0.4, -0.2) is 48.4 Å². The lowest BCUT2D eigenvalue weighted by molar-refractivity contribution is -0.130. The van der Waals surface area contributed by atoms with Gasteiger partial charge in [0.25, 0.3) is 0 Å². The Kier molecular flexibility index (Phi) is 11.3. The van der Waals surface area contributed by atoms with Crippen LogP contribution in [-0.2, 0) is 23.5 Å². The number of aryl methyl sites for hydroxylation is 2. The second kappa shape index (κ2) is 15.6. The Bertz CT molecular complexity index is 1680. The van der Waals surface area contributed by atoms with Gasteiger partial charge in [0, 0.05) is 36.6 Å². The molecule has 0 atom stereocenters. The fourth-order valence-electron chi connectivity index (χ4n) is 5.76. The fourth-order valence-corrected chi connectivity index (χ4v) is 6.80. The number of benzene rings is 4. The third-order valence-electron chi connectivity index (χ3n) is 8.85. The molecule has 5 rings (SSSR count). The molecule has 0 fully saturated rings. The summed E-state index contributed by atoms with van der Waals surface area (Å²) < 4.78 is 28.4. The summed E-state index contributed by atoms with van der Waals surface area (Å²) in [6.07, 6.45) is 2.80. The lowest BCUT2D eigenvalue weighted by Crippen LogP contribution is -2.43. The van der Waals surface area contributed by atoms with Crippen LogP contribution in [0.3, 0.4) is 0 Å². The summed E-state index contributed by atoms with van der Waals surface area (Å²) in [6, 6.07) is 27.4. The molecule has 0 N–H and O–H groups in total. The van der Waals surface area contributed by atoms with Crippen LogP contribution in [0.5, 0.6) is 0 Å². The number of amides is 1. The standard InChI is InChI=1S/C39H43F2N3OS/c1-5-42(6-2)22-23-43(25-30-15-18-31(19-16-30)33-17-14-28(3)29(4)24-33)37(45)26-44-36-13-8-7-10-32(36)20-21-38(44)46-27-34-11-9-12-35(40)39(34)41/h7-19,21,24H,5-6,20,22-23,25-27H2,1-4H3. The van der Waals surface area contributed by atoms with Gasteiger partial charge in [0.15, 0.2) is 11.6 Å². The van der Waals surface area contributed by atoms with E-state index in [1.165, 1.54) is 34.5 Å². The Morgan fingerprint density at radius 3 is 2.33 bits per heavy atom. The van der Waals surface area contributed by atoms with E-state index in [4.69, 9.17) is 0 Å². The van der Waals surface area contributed by atoms with Crippen LogP contribution < -0.4 is 4.90 Å². The van der Waals surface area contributed by atoms with E-state index >= 15 is 0 Å². The number of fused-ring (bicyclic) bond motifs is 1. The van der Waals surface area contributed by atoms with E-state index in [-0.39, 0.29) is 18.2 Å². The molecule has 7 heteroatoms. The molecule has 4 nitrogen and oxygen atoms in total. The van der Waals surface area contributed by atoms with E-state index in [0.29, 0.717) is 25.1 Å². The molecule has 1 aliphatic rings. The Labute approximate surface area is 276 Å². The van der Waals surface area contributed by atoms with E-state index in [9.17, 15) is 13.6 Å². The maximum Gasteiger partial charge on any atom is 0.242 e. The smallest absolute Gasteiger partial charge is 0.242 e. The number of likely N-dealkylation sites (N-methyl/N-ethyl adjacent to an activating group) is 1. The zero-order chi connectivity index (χ0) is 32.6. The van der Waals surface area contributed by atoms with Crippen LogP contribution in [0.4, 0.5) is 14.5 Å². The highest BCUT2D eigenvalue weighted by Crippen LogP contribution is 2.36. The van der Waals surface area contributed by atoms with Crippen molar-refractivity contribution in [3.05, 3.63) is 135 Å². The molecular weight excluding hydrogens is 597 g/mol. The summed E-state index contributed by atoms with van der Waals surface area (Å²) in [5.74, 6) is -1.38. The molecule has 0 bridgehead atoms. The van der Waals surface area contributed by atoms with Gasteiger partial charge < -0.3 is 14.7 Å². The van der Waals surface area contributed by atoms with Crippen molar-refractivity contribution < 1.29 is 13.6 Å². The minimum atomic E-state index is -0.848. The first-order valence-electron chi connectivity index (χ1n) is 16.0. The summed E-state index contributed by atoms with van der Waals surface area (Å²) in [6.45, 7) is 12.4. The van der Waals surface area contributed by atoms with Gasteiger partial charge in [0.2, 0.25) is 5.91 Å². The highest BCUT2D eigenvalue weighted by Gasteiger charge is 2.26. The number of carbonyl (C=O) groups excluding carboxylic acids is 1. The van der Waals surface area contributed by atoms with Crippen LogP contribution in [0.25, 0.3) is 11.1 Å². The van der Waals surface area contributed by atoms with E-state index in [1.54, 1.807) is 6.07 Å². The molecule has 1 amide bonds. The topological polar surface area (TPSA) is 26.8 Å². The van der Waals surface area contributed by atoms with Crippen molar-refractivity contribution in [3.8, 4) is 11.1 Å². The molecule has 0 aliphatic carbocycles. The van der Waals surface area contributed by atoms with Gasteiger partial charge in [0.05, 0.1) is 5.03 Å². The van der Waals surface area contributed by atoms with Crippen molar-refractivity contribution in [3.63, 3.8) is 0 Å². The van der Waals surface area contributed by atoms with Gasteiger partial charge in [-0.15, -0.1) is 11.8 Å². The van der Waals surface area contributed by atoms with Gasteiger partial charge in [0.1, 0.15) is 6.54 Å². The Morgan fingerprint density at radius 1 is 0.848 bits per heavy atom. The van der Waals surface area contributed by atoms with Crippen molar-refractivity contribution in [1.29, 1.82) is 0 Å². The molecule has 1 aliphatic heterocycles. The minimum absolute atomic E-state index is 0.0190. The van der Waals surface area contributed by atoms with E-state index in [0.717, 1.165) is 53.1 Å². The quantitative estimate of drug-likeness (QED) is 0.146. The van der Waals surface area contributed by atoms with Crippen LogP contribution in [0.1, 0.15) is 41.7 Å². The molecule has 0 radical (unpaired) electrons. The zero-order valence-electron chi connectivity index (χ0n) is 27.2. The van der Waals surface area contributed by atoms with Gasteiger partial charge >= 0.3 is 0 Å². The average Bonchev–Trinajstić information content (AvgIpc) is 3.07. The molecular formula is C39H43F2N3OS. The van der Waals surface area contributed by atoms with Gasteiger partial charge in [-0.2, -0.15) is 0 Å². The number of nitrogens with zero attached hydrogens (tertiary/aromatic N) is 3. The average molecular weight is 640 g/mol. The minimum Gasteiger partial charge on any atom is -0.336 e. The largest absolute Gasteiger partial charge is 0.336 e. The molecule has 1 heterocycles. The van der Waals surface area contributed by atoms with Gasteiger partial charge in [-0.05, 0) is 84.9 Å². The Morgan fingerprint density at radius 2 is 1.59 bits per heavy atom. The summed E-state index contributed by atoms with van der Waals surface area (Å²) >= 11 is 1.43. The van der Waals surface area contributed by atoms with Gasteiger partial charge in [-0.1, -0.05) is 86.6 Å². The van der Waals surface area contributed by atoms with Crippen LogP contribution in [0.2, 0.25) is 0 Å². The monoisotopic (exact) mass is 639 g/mol. The first-order chi connectivity index (χ1) is 22.3. The third-order valence-corrected chi connectivity index (χ3v) is 9.98. The predicted molar refractivity (Wildman–Crippen MR) is 188 cm³/mol. The lowest BCUT2D eigenvalue weighted by Gasteiger charge is -2.34. The van der Waals surface area contributed by atoms with Crippen molar-refractivity contribution in [1.82, 2.24) is 9.80 Å². The second-order valence-corrected chi connectivity index (χ2v) is 12.8. The number of thioether (sulfide) groups is 1. The third kappa shape index (κ3) is 8.06. The van der Waals surface area contributed by atoms with Crippen molar-refractivity contribution in [2.75, 3.05) is 37.6 Å². The summed E-state index contributed by atoms with van der Waals surface area (Å²) in [7, 11) is 0. The second-order valence-electron chi connectivity index (χ2n) is 11.8. The highest BCUT2D eigenvalue weighted by molar-refractivity contribution is 8.02. The van der Waals surface area contributed by atoms with Crippen molar-refractivity contribution in [2.45, 2.75) is 46.4 Å². The first-order valence-corrected chi connectivity index (χ1v) is 17.0. The SMILES string of the molecule is CCN(CC)CCN(Cc1ccc(-c2ccc(C)c(C)c2)cc1)C(=O)CN1C(SCc2cccc(F)c2F)=CCc2ccccc21. The number of allylic oxidation sites excluding steroid dienone is 1. The van der Waals surface area contributed by atoms with E-state index in [1.807, 2.05) is 28.0 Å². The number of hydrogen-bond acceptors (Lipinski definition) is 4. The maximum atomic E-state index is 14.5. The molecule has 240 valence electrons.